The molecule has 0 radical (unpaired) electrons. The normalized spacial score (nSPS) is 22.1. The number of nitrogens with zero attached hydrogens (tertiary/aromatic N) is 2. The lowest BCUT2D eigenvalue weighted by Crippen LogP contribution is -2.38. The van der Waals surface area contributed by atoms with Crippen LogP contribution in [-0.2, 0) is 16.8 Å². The minimum Gasteiger partial charge on any atom is -0.393 e. The highest BCUT2D eigenvalue weighted by Crippen LogP contribution is 2.46. The SMILES string of the molecule is CCOC1(c2noc(CCC(C)O)n2)CCC(C)(C)CC1. The van der Waals surface area contributed by atoms with Gasteiger partial charge in [0.15, 0.2) is 0 Å². The molecule has 1 aliphatic rings. The maximum Gasteiger partial charge on any atom is 0.226 e. The fourth-order valence-electron chi connectivity index (χ4n) is 2.91. The van der Waals surface area contributed by atoms with Crippen LogP contribution in [0.25, 0.3) is 0 Å². The van der Waals surface area contributed by atoms with Crippen LogP contribution >= 0.6 is 0 Å². The molecule has 1 unspecified atom stereocenters. The summed E-state index contributed by atoms with van der Waals surface area (Å²) in [5, 5.41) is 13.5. The number of aromatic nitrogens is 2. The van der Waals surface area contributed by atoms with Crippen molar-refractivity contribution >= 4 is 0 Å². The molecule has 0 aromatic carbocycles. The van der Waals surface area contributed by atoms with Crippen molar-refractivity contribution in [3.8, 4) is 0 Å². The number of hydrogen-bond acceptors (Lipinski definition) is 5. The Hall–Kier alpha value is -0.940. The average Bonchev–Trinajstić information content (AvgIpc) is 2.89. The van der Waals surface area contributed by atoms with Gasteiger partial charge in [0, 0.05) is 13.0 Å². The molecule has 1 aromatic rings. The van der Waals surface area contributed by atoms with Gasteiger partial charge < -0.3 is 14.4 Å². The van der Waals surface area contributed by atoms with Gasteiger partial charge in [-0.25, -0.2) is 0 Å². The summed E-state index contributed by atoms with van der Waals surface area (Å²) >= 11 is 0. The average molecular weight is 296 g/mol. The standard InChI is InChI=1S/C16H28N2O3/c1-5-20-16(10-8-15(3,4)9-11-16)14-17-13(21-18-14)7-6-12(2)19/h12,19H,5-11H2,1-4H3. The second kappa shape index (κ2) is 6.44. The summed E-state index contributed by atoms with van der Waals surface area (Å²) in [7, 11) is 0. The molecule has 2 rings (SSSR count). The highest BCUT2D eigenvalue weighted by atomic mass is 16.5. The number of ether oxygens (including phenoxy) is 1. The third-order valence-corrected chi connectivity index (χ3v) is 4.48. The molecule has 1 saturated carbocycles. The van der Waals surface area contributed by atoms with Crippen LogP contribution in [0.1, 0.15) is 71.5 Å². The van der Waals surface area contributed by atoms with Crippen LogP contribution in [0.5, 0.6) is 0 Å². The van der Waals surface area contributed by atoms with Crippen molar-refractivity contribution in [2.45, 2.75) is 77.9 Å². The van der Waals surface area contributed by atoms with E-state index < -0.39 is 5.60 Å². The number of aliphatic hydroxyl groups is 1. The summed E-state index contributed by atoms with van der Waals surface area (Å²) in [6.45, 7) is 9.02. The molecule has 5 heteroatoms. The van der Waals surface area contributed by atoms with E-state index in [4.69, 9.17) is 9.26 Å². The Bertz CT molecular complexity index is 444. The van der Waals surface area contributed by atoms with Crippen molar-refractivity contribution in [1.29, 1.82) is 0 Å². The Balaban J connectivity index is 2.12. The minimum absolute atomic E-state index is 0.350. The van der Waals surface area contributed by atoms with E-state index in [0.717, 1.165) is 25.7 Å². The molecule has 0 amide bonds. The molecule has 0 saturated heterocycles. The van der Waals surface area contributed by atoms with Gasteiger partial charge in [0.1, 0.15) is 5.60 Å². The van der Waals surface area contributed by atoms with E-state index in [1.54, 1.807) is 6.92 Å². The zero-order valence-electron chi connectivity index (χ0n) is 13.7. The Labute approximate surface area is 127 Å². The van der Waals surface area contributed by atoms with Gasteiger partial charge in [-0.15, -0.1) is 0 Å². The second-order valence-corrected chi connectivity index (χ2v) is 6.99. The first kappa shape index (κ1) is 16.4. The van der Waals surface area contributed by atoms with Gasteiger partial charge in [0.05, 0.1) is 6.10 Å². The molecular formula is C16H28N2O3. The van der Waals surface area contributed by atoms with Gasteiger partial charge in [0.25, 0.3) is 0 Å². The molecule has 1 aliphatic carbocycles. The van der Waals surface area contributed by atoms with Crippen LogP contribution in [-0.4, -0.2) is 28.0 Å². The topological polar surface area (TPSA) is 68.4 Å². The van der Waals surface area contributed by atoms with Crippen molar-refractivity contribution in [2.24, 2.45) is 5.41 Å². The molecule has 1 atom stereocenters. The van der Waals surface area contributed by atoms with E-state index in [1.807, 2.05) is 6.92 Å². The van der Waals surface area contributed by atoms with Gasteiger partial charge in [-0.1, -0.05) is 19.0 Å². The van der Waals surface area contributed by atoms with Crippen molar-refractivity contribution in [3.05, 3.63) is 11.7 Å². The molecular weight excluding hydrogens is 268 g/mol. The van der Waals surface area contributed by atoms with E-state index in [2.05, 4.69) is 24.0 Å². The Morgan fingerprint density at radius 1 is 1.29 bits per heavy atom. The third-order valence-electron chi connectivity index (χ3n) is 4.48. The van der Waals surface area contributed by atoms with Crippen LogP contribution < -0.4 is 0 Å². The molecule has 1 N–H and O–H groups in total. The van der Waals surface area contributed by atoms with Crippen LogP contribution in [0.4, 0.5) is 0 Å². The predicted octanol–water partition coefficient (Wildman–Crippen LogP) is 3.22. The maximum atomic E-state index is 9.35. The summed E-state index contributed by atoms with van der Waals surface area (Å²) in [6, 6.07) is 0. The van der Waals surface area contributed by atoms with Gasteiger partial charge in [-0.3, -0.25) is 0 Å². The van der Waals surface area contributed by atoms with E-state index in [9.17, 15) is 5.11 Å². The minimum atomic E-state index is -0.392. The fraction of sp³-hybridized carbons (Fsp3) is 0.875. The molecule has 0 aliphatic heterocycles. The molecule has 120 valence electrons. The van der Waals surface area contributed by atoms with E-state index in [-0.39, 0.29) is 6.10 Å². The quantitative estimate of drug-likeness (QED) is 0.873. The number of aryl methyl sites for hydroxylation is 1. The predicted molar refractivity (Wildman–Crippen MR) is 79.9 cm³/mol. The van der Waals surface area contributed by atoms with Gasteiger partial charge in [0.2, 0.25) is 11.7 Å². The smallest absolute Gasteiger partial charge is 0.226 e. The van der Waals surface area contributed by atoms with E-state index in [0.29, 0.717) is 36.6 Å². The lowest BCUT2D eigenvalue weighted by molar-refractivity contribution is -0.0957. The van der Waals surface area contributed by atoms with E-state index in [1.165, 1.54) is 0 Å². The summed E-state index contributed by atoms with van der Waals surface area (Å²) in [5.74, 6) is 1.27. The van der Waals surface area contributed by atoms with E-state index >= 15 is 0 Å². The molecule has 1 fully saturated rings. The largest absolute Gasteiger partial charge is 0.393 e. The zero-order chi connectivity index (χ0) is 15.5. The molecule has 5 nitrogen and oxygen atoms in total. The summed E-state index contributed by atoms with van der Waals surface area (Å²) in [5.41, 5.74) is -0.0314. The van der Waals surface area contributed by atoms with Crippen LogP contribution in [0.2, 0.25) is 0 Å². The number of hydrogen-bond donors (Lipinski definition) is 1. The molecule has 1 heterocycles. The summed E-state index contributed by atoms with van der Waals surface area (Å²) < 4.78 is 11.4. The Morgan fingerprint density at radius 3 is 2.52 bits per heavy atom. The summed E-state index contributed by atoms with van der Waals surface area (Å²) in [6.07, 6.45) is 4.97. The highest BCUT2D eigenvalue weighted by Gasteiger charge is 2.43. The summed E-state index contributed by atoms with van der Waals surface area (Å²) in [4.78, 5) is 4.53. The lowest BCUT2D eigenvalue weighted by atomic mass is 9.70. The van der Waals surface area contributed by atoms with Crippen LogP contribution in [0.3, 0.4) is 0 Å². The fourth-order valence-corrected chi connectivity index (χ4v) is 2.91. The van der Waals surface area contributed by atoms with Crippen LogP contribution in [0.15, 0.2) is 4.52 Å². The zero-order valence-corrected chi connectivity index (χ0v) is 13.7. The molecule has 0 spiro atoms. The van der Waals surface area contributed by atoms with Crippen LogP contribution in [0, 0.1) is 5.41 Å². The first-order valence-corrected chi connectivity index (χ1v) is 8.02. The second-order valence-electron chi connectivity index (χ2n) is 6.99. The first-order chi connectivity index (χ1) is 9.87. The Kier molecular flexibility index (Phi) is 5.04. The van der Waals surface area contributed by atoms with Crippen molar-refractivity contribution in [2.75, 3.05) is 6.61 Å². The lowest BCUT2D eigenvalue weighted by Gasteiger charge is -2.41. The van der Waals surface area contributed by atoms with Crippen molar-refractivity contribution in [1.82, 2.24) is 10.1 Å². The molecule has 21 heavy (non-hydrogen) atoms. The van der Waals surface area contributed by atoms with Gasteiger partial charge in [-0.05, 0) is 51.4 Å². The maximum absolute atomic E-state index is 9.35. The van der Waals surface area contributed by atoms with Gasteiger partial charge in [-0.2, -0.15) is 4.98 Å². The van der Waals surface area contributed by atoms with Crippen molar-refractivity contribution < 1.29 is 14.4 Å². The Morgan fingerprint density at radius 2 is 1.95 bits per heavy atom. The van der Waals surface area contributed by atoms with Gasteiger partial charge >= 0.3 is 0 Å². The van der Waals surface area contributed by atoms with Crippen molar-refractivity contribution in [3.63, 3.8) is 0 Å². The number of rotatable bonds is 6. The first-order valence-electron chi connectivity index (χ1n) is 8.02. The number of aliphatic hydroxyl groups excluding tert-OH is 1. The highest BCUT2D eigenvalue weighted by molar-refractivity contribution is 5.05. The molecule has 1 aromatic heterocycles. The molecule has 0 bridgehead atoms. The third kappa shape index (κ3) is 4.04. The monoisotopic (exact) mass is 296 g/mol.